The number of hydrogen-bond acceptors (Lipinski definition) is 8. The first-order valence-electron chi connectivity index (χ1n) is 11.9. The van der Waals surface area contributed by atoms with Crippen LogP contribution in [0.3, 0.4) is 0 Å². The van der Waals surface area contributed by atoms with Crippen LogP contribution in [0.1, 0.15) is 31.1 Å². The summed E-state index contributed by atoms with van der Waals surface area (Å²) in [5, 5.41) is 26.7. The third kappa shape index (κ3) is 5.63. The number of ether oxygens (including phenoxy) is 1. The molecule has 13 heteroatoms. The fourth-order valence-electron chi connectivity index (χ4n) is 4.69. The minimum Gasteiger partial charge on any atom is -0.388 e. The molecule has 0 aliphatic carbocycles. The van der Waals surface area contributed by atoms with Crippen LogP contribution < -0.4 is 5.32 Å². The number of rotatable bonds is 9. The van der Waals surface area contributed by atoms with Gasteiger partial charge in [0.2, 0.25) is 5.28 Å². The molecule has 4 aromatic rings. The molecule has 196 valence electrons. The zero-order valence-electron chi connectivity index (χ0n) is 19.7. The van der Waals surface area contributed by atoms with Crippen molar-refractivity contribution in [1.29, 1.82) is 0 Å². The number of benzene rings is 2. The lowest BCUT2D eigenvalue weighted by Crippen LogP contribution is -2.31. The molecule has 3 heterocycles. The van der Waals surface area contributed by atoms with Crippen molar-refractivity contribution in [3.05, 3.63) is 59.6 Å². The van der Waals surface area contributed by atoms with E-state index in [-0.39, 0.29) is 17.9 Å². The number of nitrogens with one attached hydrogen (secondary N) is 1. The highest BCUT2D eigenvalue weighted by atomic mass is 35.5. The lowest BCUT2D eigenvalue weighted by molar-refractivity contribution is -0.0373. The first kappa shape index (κ1) is 26.0. The zero-order valence-corrected chi connectivity index (χ0v) is 21.3. The Morgan fingerprint density at radius 3 is 2.65 bits per heavy atom. The number of aliphatic hydroxyl groups excluding tert-OH is 2. The summed E-state index contributed by atoms with van der Waals surface area (Å²) in [6, 6.07) is 14.1. The van der Waals surface area contributed by atoms with Crippen molar-refractivity contribution in [2.24, 2.45) is 0 Å². The second-order valence-electron chi connectivity index (χ2n) is 9.09. The average molecular weight is 548 g/mol. The minimum atomic E-state index is -4.08. The van der Waals surface area contributed by atoms with E-state index in [0.717, 1.165) is 16.3 Å². The molecule has 1 saturated heterocycles. The van der Waals surface area contributed by atoms with Gasteiger partial charge in [0, 0.05) is 12.7 Å². The van der Waals surface area contributed by atoms with E-state index in [4.69, 9.17) is 26.1 Å². The summed E-state index contributed by atoms with van der Waals surface area (Å²) in [5.74, 6) is 0.420. The lowest BCUT2D eigenvalue weighted by Gasteiger charge is -2.17. The van der Waals surface area contributed by atoms with Crippen LogP contribution in [0.5, 0.6) is 0 Å². The largest absolute Gasteiger partial charge is 0.388 e. The molecule has 2 aromatic heterocycles. The smallest absolute Gasteiger partial charge is 0.325 e. The van der Waals surface area contributed by atoms with Crippen LogP contribution in [-0.2, 0) is 15.8 Å². The number of halogens is 1. The van der Waals surface area contributed by atoms with Crippen molar-refractivity contribution in [3.63, 3.8) is 0 Å². The van der Waals surface area contributed by atoms with Gasteiger partial charge in [-0.3, -0.25) is 9.13 Å². The molecule has 2 unspecified atom stereocenters. The number of anilines is 1. The Labute approximate surface area is 217 Å². The molecule has 1 aliphatic heterocycles. The Kier molecular flexibility index (Phi) is 7.46. The summed E-state index contributed by atoms with van der Waals surface area (Å²) in [4.78, 5) is 31.1. The topological polar surface area (TPSA) is 163 Å². The van der Waals surface area contributed by atoms with Gasteiger partial charge in [0.05, 0.1) is 12.4 Å². The third-order valence-corrected chi connectivity index (χ3v) is 7.59. The van der Waals surface area contributed by atoms with Gasteiger partial charge < -0.3 is 30.1 Å². The van der Waals surface area contributed by atoms with Crippen molar-refractivity contribution in [2.45, 2.75) is 50.3 Å². The number of hydrogen-bond donors (Lipinski definition) is 5. The van der Waals surface area contributed by atoms with E-state index >= 15 is 0 Å². The van der Waals surface area contributed by atoms with E-state index in [1.165, 1.54) is 10.9 Å². The molecule has 5 N–H and O–H groups in total. The molecule has 0 saturated carbocycles. The molecule has 37 heavy (non-hydrogen) atoms. The van der Waals surface area contributed by atoms with Crippen LogP contribution in [-0.4, -0.2) is 64.0 Å². The predicted molar refractivity (Wildman–Crippen MR) is 138 cm³/mol. The highest BCUT2D eigenvalue weighted by Crippen LogP contribution is 2.37. The standard InChI is InChI=1S/C24H27ClN5O6P/c25-24-28-21(26-12-15-8-5-7-14-6-1-2-9-16(14)15)18-22(29-24)30(13-27-18)23-20(32)19(31)17(36-23)10-3-4-11-37(33,34)35/h1-2,5-9,13,17,19-20,23,31-32H,3-4,10-12H2,(H,26,28,29)(H2,33,34,35)/t17-,19?,20?,23-/m1/s1. The van der Waals surface area contributed by atoms with E-state index in [2.05, 4.69) is 26.3 Å². The summed E-state index contributed by atoms with van der Waals surface area (Å²) in [7, 11) is -4.08. The Hall–Kier alpha value is -2.63. The number of nitrogens with zero attached hydrogens (tertiary/aromatic N) is 4. The van der Waals surface area contributed by atoms with Crippen LogP contribution in [0.15, 0.2) is 48.8 Å². The maximum atomic E-state index is 11.1. The van der Waals surface area contributed by atoms with E-state index in [0.29, 0.717) is 36.4 Å². The molecule has 11 nitrogen and oxygen atoms in total. The maximum Gasteiger partial charge on any atom is 0.325 e. The summed E-state index contributed by atoms with van der Waals surface area (Å²) >= 11 is 6.23. The molecule has 5 rings (SSSR count). The number of fused-ring (bicyclic) bond motifs is 2. The summed E-state index contributed by atoms with van der Waals surface area (Å²) in [6.07, 6.45) is -1.88. The zero-order chi connectivity index (χ0) is 26.2. The van der Waals surface area contributed by atoms with Gasteiger partial charge in [-0.1, -0.05) is 48.9 Å². The number of aliphatic hydroxyl groups is 2. The summed E-state index contributed by atoms with van der Waals surface area (Å²) < 4.78 is 18.5. The van der Waals surface area contributed by atoms with Crippen LogP contribution in [0, 0.1) is 0 Å². The first-order chi connectivity index (χ1) is 17.7. The summed E-state index contributed by atoms with van der Waals surface area (Å²) in [5.41, 5.74) is 1.83. The van der Waals surface area contributed by atoms with Gasteiger partial charge in [-0.15, -0.1) is 0 Å². The molecular formula is C24H27ClN5O6P. The van der Waals surface area contributed by atoms with E-state index in [1.54, 1.807) is 0 Å². The second-order valence-corrected chi connectivity index (χ2v) is 11.2. The molecule has 0 spiro atoms. The molecule has 1 aliphatic rings. The van der Waals surface area contributed by atoms with Gasteiger partial charge in [0.1, 0.15) is 12.2 Å². The molecule has 0 radical (unpaired) electrons. The SMILES string of the molecule is O=P(O)(O)CCCC[C@H]1O[C@@H](n2cnc3c(NCc4cccc5ccccc45)nc(Cl)nc32)C(O)C1O. The highest BCUT2D eigenvalue weighted by Gasteiger charge is 2.44. The highest BCUT2D eigenvalue weighted by molar-refractivity contribution is 7.51. The molecule has 4 atom stereocenters. The average Bonchev–Trinajstić information content (AvgIpc) is 3.40. The number of unbranched alkanes of at least 4 members (excludes halogenated alkanes) is 1. The molecular weight excluding hydrogens is 521 g/mol. The maximum absolute atomic E-state index is 11.1. The van der Waals surface area contributed by atoms with E-state index in [1.807, 2.05) is 36.4 Å². The van der Waals surface area contributed by atoms with Crippen molar-refractivity contribution in [3.8, 4) is 0 Å². The Bertz CT molecular complexity index is 1460. The van der Waals surface area contributed by atoms with E-state index < -0.39 is 32.1 Å². The lowest BCUT2D eigenvalue weighted by atomic mass is 10.0. The second kappa shape index (κ2) is 10.6. The van der Waals surface area contributed by atoms with Gasteiger partial charge >= 0.3 is 7.60 Å². The molecule has 0 amide bonds. The van der Waals surface area contributed by atoms with Crippen molar-refractivity contribution in [2.75, 3.05) is 11.5 Å². The van der Waals surface area contributed by atoms with Crippen molar-refractivity contribution >= 4 is 47.0 Å². The van der Waals surface area contributed by atoms with Gasteiger partial charge in [0.25, 0.3) is 0 Å². The van der Waals surface area contributed by atoms with Crippen LogP contribution in [0.25, 0.3) is 21.9 Å². The van der Waals surface area contributed by atoms with Crippen LogP contribution in [0.4, 0.5) is 5.82 Å². The van der Waals surface area contributed by atoms with Gasteiger partial charge in [-0.2, -0.15) is 9.97 Å². The quantitative estimate of drug-likeness (QED) is 0.119. The van der Waals surface area contributed by atoms with Gasteiger partial charge in [-0.25, -0.2) is 4.98 Å². The van der Waals surface area contributed by atoms with Crippen LogP contribution in [0.2, 0.25) is 5.28 Å². The Morgan fingerprint density at radius 1 is 1.05 bits per heavy atom. The Morgan fingerprint density at radius 2 is 1.84 bits per heavy atom. The minimum absolute atomic E-state index is 0.0170. The van der Waals surface area contributed by atoms with Crippen LogP contribution >= 0.6 is 19.2 Å². The predicted octanol–water partition coefficient (Wildman–Crippen LogP) is 3.21. The fourth-order valence-corrected chi connectivity index (χ4v) is 5.49. The molecule has 1 fully saturated rings. The Balaban J connectivity index is 1.34. The van der Waals surface area contributed by atoms with Crippen molar-refractivity contribution < 1.29 is 29.3 Å². The molecule has 2 aromatic carbocycles. The summed E-state index contributed by atoms with van der Waals surface area (Å²) in [6.45, 7) is 0.467. The molecule has 0 bridgehead atoms. The van der Waals surface area contributed by atoms with Crippen molar-refractivity contribution in [1.82, 2.24) is 19.5 Å². The van der Waals surface area contributed by atoms with Gasteiger partial charge in [-0.05, 0) is 40.8 Å². The number of imidazole rings is 1. The van der Waals surface area contributed by atoms with Gasteiger partial charge in [0.15, 0.2) is 23.2 Å². The normalized spacial score (nSPS) is 22.2. The number of aromatic nitrogens is 4. The first-order valence-corrected chi connectivity index (χ1v) is 14.1. The van der Waals surface area contributed by atoms with E-state index in [9.17, 15) is 14.8 Å². The third-order valence-electron chi connectivity index (χ3n) is 6.52. The fraction of sp³-hybridized carbons (Fsp3) is 0.375. The monoisotopic (exact) mass is 547 g/mol.